The van der Waals surface area contributed by atoms with Crippen LogP contribution in [0.4, 0.5) is 0 Å². The minimum Gasteiger partial charge on any atom is -0.462 e. The third kappa shape index (κ3) is 36.3. The summed E-state index contributed by atoms with van der Waals surface area (Å²) >= 11 is 0. The average Bonchev–Trinajstić information content (AvgIpc) is 3.04. The van der Waals surface area contributed by atoms with Gasteiger partial charge in [-0.2, -0.15) is 0 Å². The predicted octanol–water partition coefficient (Wildman–Crippen LogP) is 13.2. The first-order valence-electron chi connectivity index (χ1n) is 19.5. The maximum absolute atomic E-state index is 12.4. The van der Waals surface area contributed by atoms with Crippen LogP contribution in [0.2, 0.25) is 0 Å². The van der Waals surface area contributed by atoms with E-state index in [1.807, 2.05) is 14.1 Å². The van der Waals surface area contributed by atoms with E-state index in [0.29, 0.717) is 0 Å². The van der Waals surface area contributed by atoms with Crippen molar-refractivity contribution in [3.63, 3.8) is 0 Å². The number of nitrogens with zero attached hydrogens (tertiary/aromatic N) is 1. The molecule has 0 saturated heterocycles. The summed E-state index contributed by atoms with van der Waals surface area (Å²) in [6.45, 7) is 4.52. The lowest BCUT2D eigenvalue weighted by Crippen LogP contribution is -2.18. The number of unbranched alkanes of at least 4 members (excludes halogenated alkanes) is 18. The van der Waals surface area contributed by atoms with Crippen molar-refractivity contribution in [1.82, 2.24) is 4.90 Å². The number of hydrogen-bond acceptors (Lipinski definition) is 3. The first-order valence-corrected chi connectivity index (χ1v) is 19.5. The smallest absolute Gasteiger partial charge is 0.318 e. The summed E-state index contributed by atoms with van der Waals surface area (Å²) in [6, 6.07) is 2.92. The molecule has 0 aliphatic heterocycles. The Morgan fingerprint density at radius 3 is 1.30 bits per heavy atom. The SMILES string of the molecule is CCCCCC=CCC=CCCCCCCCCC(CCCCCCCCC=CCC=CCCCCC)OC(=O)CC#CN(C)C. The number of carbonyl (C=O) groups is 1. The fraction of sp³-hybridized carbons (Fsp3) is 0.744. The Kier molecular flexibility index (Phi) is 35.5. The molecule has 0 aliphatic rings. The molecule has 0 radical (unpaired) electrons. The zero-order chi connectivity index (χ0) is 33.6. The zero-order valence-electron chi connectivity index (χ0n) is 31.1. The molecular weight excluding hydrogens is 562 g/mol. The van der Waals surface area contributed by atoms with Gasteiger partial charge in [0.15, 0.2) is 0 Å². The maximum Gasteiger partial charge on any atom is 0.318 e. The van der Waals surface area contributed by atoms with Crippen LogP contribution < -0.4 is 0 Å². The molecule has 0 bridgehead atoms. The second-order valence-electron chi connectivity index (χ2n) is 13.2. The summed E-state index contributed by atoms with van der Waals surface area (Å²) in [7, 11) is 3.77. The van der Waals surface area contributed by atoms with Gasteiger partial charge in [-0.1, -0.05) is 145 Å². The quantitative estimate of drug-likeness (QED) is 0.0242. The summed E-state index contributed by atoms with van der Waals surface area (Å²) in [6.07, 6.45) is 50.9. The van der Waals surface area contributed by atoms with E-state index in [9.17, 15) is 4.79 Å². The molecule has 0 unspecified atom stereocenters. The van der Waals surface area contributed by atoms with Crippen LogP contribution in [0.15, 0.2) is 48.6 Å². The number of hydrogen-bond donors (Lipinski definition) is 0. The topological polar surface area (TPSA) is 29.5 Å². The minimum absolute atomic E-state index is 0.0466. The van der Waals surface area contributed by atoms with E-state index in [-0.39, 0.29) is 18.5 Å². The monoisotopic (exact) mass is 638 g/mol. The number of ether oxygens (including phenoxy) is 1. The molecule has 0 amide bonds. The van der Waals surface area contributed by atoms with Crippen molar-refractivity contribution in [2.75, 3.05) is 14.1 Å². The fourth-order valence-electron chi connectivity index (χ4n) is 5.48. The van der Waals surface area contributed by atoms with Crippen molar-refractivity contribution in [1.29, 1.82) is 0 Å². The Balaban J connectivity index is 4.05. The van der Waals surface area contributed by atoms with E-state index in [0.717, 1.165) is 38.5 Å². The van der Waals surface area contributed by atoms with E-state index in [4.69, 9.17) is 4.74 Å². The Bertz CT molecular complexity index is 777. The molecule has 0 heterocycles. The molecule has 0 rings (SSSR count). The largest absolute Gasteiger partial charge is 0.462 e. The van der Waals surface area contributed by atoms with Gasteiger partial charge in [0.2, 0.25) is 0 Å². The molecule has 0 fully saturated rings. The molecule has 0 aromatic carbocycles. The highest BCUT2D eigenvalue weighted by atomic mass is 16.5. The number of carbonyl (C=O) groups excluding carboxylic acids is 1. The first-order chi connectivity index (χ1) is 22.6. The highest BCUT2D eigenvalue weighted by molar-refractivity contribution is 5.72. The van der Waals surface area contributed by atoms with Gasteiger partial charge in [0, 0.05) is 20.1 Å². The van der Waals surface area contributed by atoms with Gasteiger partial charge in [0.1, 0.15) is 12.5 Å². The molecule has 0 aromatic rings. The van der Waals surface area contributed by atoms with Crippen LogP contribution in [0.1, 0.15) is 187 Å². The van der Waals surface area contributed by atoms with Gasteiger partial charge in [-0.05, 0) is 89.9 Å². The van der Waals surface area contributed by atoms with E-state index in [1.165, 1.54) is 128 Å². The Labute approximate surface area is 287 Å². The first kappa shape index (κ1) is 43.8. The lowest BCUT2D eigenvalue weighted by atomic mass is 10.0. The molecule has 0 atom stereocenters. The Morgan fingerprint density at radius 2 is 0.913 bits per heavy atom. The third-order valence-corrected chi connectivity index (χ3v) is 8.29. The second-order valence-corrected chi connectivity index (χ2v) is 13.2. The standard InChI is InChI=1S/C43H75NO2/c1-5-7-9-11-13-15-17-19-21-23-25-27-29-31-33-35-38-42(46-43(45)40-37-41-44(3)4)39-36-34-32-30-28-26-24-22-20-18-16-14-12-10-8-6-2/h13-16,19-22,42H,5-12,17-18,23-36,38-40H2,1-4H3. The van der Waals surface area contributed by atoms with Crippen LogP contribution >= 0.6 is 0 Å². The predicted molar refractivity (Wildman–Crippen MR) is 204 cm³/mol. The second kappa shape index (κ2) is 37.2. The minimum atomic E-state index is -0.167. The molecule has 0 aromatic heterocycles. The number of allylic oxidation sites excluding steroid dienone is 8. The lowest BCUT2D eigenvalue weighted by molar-refractivity contribution is -0.148. The van der Waals surface area contributed by atoms with Crippen LogP contribution in [0.5, 0.6) is 0 Å². The van der Waals surface area contributed by atoms with Crippen LogP contribution in [0, 0.1) is 12.0 Å². The van der Waals surface area contributed by atoms with Crippen molar-refractivity contribution in [2.24, 2.45) is 0 Å². The van der Waals surface area contributed by atoms with Crippen molar-refractivity contribution in [3.8, 4) is 12.0 Å². The third-order valence-electron chi connectivity index (χ3n) is 8.29. The van der Waals surface area contributed by atoms with Gasteiger partial charge >= 0.3 is 5.97 Å². The Hall–Kier alpha value is -2.21. The summed E-state index contributed by atoms with van der Waals surface area (Å²) in [5.74, 6) is 2.76. The van der Waals surface area contributed by atoms with Gasteiger partial charge in [-0.3, -0.25) is 4.79 Å². The van der Waals surface area contributed by atoms with Crippen molar-refractivity contribution < 1.29 is 9.53 Å². The lowest BCUT2D eigenvalue weighted by Gasteiger charge is -2.17. The summed E-state index contributed by atoms with van der Waals surface area (Å²) < 4.78 is 5.90. The Morgan fingerprint density at radius 1 is 0.543 bits per heavy atom. The molecule has 264 valence electrons. The normalized spacial score (nSPS) is 12.4. The van der Waals surface area contributed by atoms with Gasteiger partial charge in [0.05, 0.1) is 0 Å². The number of esters is 1. The fourth-order valence-corrected chi connectivity index (χ4v) is 5.48. The van der Waals surface area contributed by atoms with Gasteiger partial charge in [-0.15, -0.1) is 0 Å². The molecule has 3 nitrogen and oxygen atoms in total. The van der Waals surface area contributed by atoms with Crippen LogP contribution in [-0.2, 0) is 9.53 Å². The molecule has 46 heavy (non-hydrogen) atoms. The molecule has 0 aliphatic carbocycles. The molecular formula is C43H75NO2. The summed E-state index contributed by atoms with van der Waals surface area (Å²) in [5, 5.41) is 0. The van der Waals surface area contributed by atoms with E-state index in [1.54, 1.807) is 4.90 Å². The van der Waals surface area contributed by atoms with Crippen molar-refractivity contribution in [2.45, 2.75) is 193 Å². The van der Waals surface area contributed by atoms with E-state index in [2.05, 4.69) is 74.4 Å². The van der Waals surface area contributed by atoms with E-state index >= 15 is 0 Å². The van der Waals surface area contributed by atoms with Gasteiger partial charge in [0.25, 0.3) is 0 Å². The highest BCUT2D eigenvalue weighted by Crippen LogP contribution is 2.18. The average molecular weight is 638 g/mol. The van der Waals surface area contributed by atoms with Crippen LogP contribution in [-0.4, -0.2) is 31.1 Å². The molecule has 0 spiro atoms. The van der Waals surface area contributed by atoms with Crippen molar-refractivity contribution in [3.05, 3.63) is 48.6 Å². The highest BCUT2D eigenvalue weighted by Gasteiger charge is 2.13. The summed E-state index contributed by atoms with van der Waals surface area (Å²) in [5.41, 5.74) is 0. The van der Waals surface area contributed by atoms with Crippen LogP contribution in [0.3, 0.4) is 0 Å². The molecule has 3 heteroatoms. The zero-order valence-corrected chi connectivity index (χ0v) is 31.1. The maximum atomic E-state index is 12.4. The van der Waals surface area contributed by atoms with Crippen molar-refractivity contribution >= 4 is 5.97 Å². The molecule has 0 saturated carbocycles. The summed E-state index contributed by atoms with van der Waals surface area (Å²) in [4.78, 5) is 14.2. The van der Waals surface area contributed by atoms with Gasteiger partial charge in [-0.25, -0.2) is 0 Å². The number of rotatable bonds is 32. The van der Waals surface area contributed by atoms with Crippen LogP contribution in [0.25, 0.3) is 0 Å². The molecule has 0 N–H and O–H groups in total. The van der Waals surface area contributed by atoms with Gasteiger partial charge < -0.3 is 9.64 Å². The van der Waals surface area contributed by atoms with E-state index < -0.39 is 0 Å².